The molecule has 2 aromatic carbocycles. The van der Waals surface area contributed by atoms with Crippen molar-refractivity contribution in [1.82, 2.24) is 4.90 Å². The van der Waals surface area contributed by atoms with Gasteiger partial charge in [0.25, 0.3) is 11.8 Å². The quantitative estimate of drug-likeness (QED) is 0.799. The Morgan fingerprint density at radius 1 is 1.00 bits per heavy atom. The van der Waals surface area contributed by atoms with Gasteiger partial charge in [-0.2, -0.15) is 0 Å². The van der Waals surface area contributed by atoms with Crippen LogP contribution in [0.2, 0.25) is 0 Å². The molecule has 1 atom stereocenters. The number of piperazine rings is 1. The summed E-state index contributed by atoms with van der Waals surface area (Å²) >= 11 is 0. The summed E-state index contributed by atoms with van der Waals surface area (Å²) in [5.41, 5.74) is 2.35. The zero-order valence-electron chi connectivity index (χ0n) is 15.9. The average Bonchev–Trinajstić information content (AvgIpc) is 3.02. The number of carbonyl (C=O) groups excluding carboxylic acids is 3. The van der Waals surface area contributed by atoms with E-state index in [-0.39, 0.29) is 30.2 Å². The summed E-state index contributed by atoms with van der Waals surface area (Å²) in [5, 5.41) is 0. The lowest BCUT2D eigenvalue weighted by Crippen LogP contribution is -3.19. The van der Waals surface area contributed by atoms with Gasteiger partial charge < -0.3 is 9.80 Å². The molecule has 3 amide bonds. The van der Waals surface area contributed by atoms with Crippen molar-refractivity contribution in [2.24, 2.45) is 0 Å². The number of anilines is 1. The van der Waals surface area contributed by atoms with Gasteiger partial charge in [0.1, 0.15) is 0 Å². The number of aryl methyl sites for hydroxylation is 1. The third-order valence-electron chi connectivity index (χ3n) is 5.61. The highest BCUT2D eigenvalue weighted by atomic mass is 16.2. The van der Waals surface area contributed by atoms with Gasteiger partial charge in [-0.05, 0) is 36.8 Å². The Kier molecular flexibility index (Phi) is 4.96. The Bertz CT molecular complexity index is 904. The van der Waals surface area contributed by atoms with Crippen LogP contribution in [0, 0.1) is 6.92 Å². The molecule has 2 heterocycles. The number of carbonyl (C=O) groups is 3. The molecule has 0 bridgehead atoms. The van der Waals surface area contributed by atoms with Gasteiger partial charge in [-0.25, -0.2) is 4.90 Å². The summed E-state index contributed by atoms with van der Waals surface area (Å²) < 4.78 is 0. The van der Waals surface area contributed by atoms with E-state index in [2.05, 4.69) is 0 Å². The van der Waals surface area contributed by atoms with Crippen LogP contribution in [0.5, 0.6) is 0 Å². The highest BCUT2D eigenvalue weighted by Crippen LogP contribution is 2.23. The zero-order valence-corrected chi connectivity index (χ0v) is 15.9. The summed E-state index contributed by atoms with van der Waals surface area (Å²) in [6.07, 6.45) is 0.231. The van der Waals surface area contributed by atoms with Crippen LogP contribution in [-0.4, -0.2) is 54.8 Å². The molecule has 0 radical (unpaired) electrons. The summed E-state index contributed by atoms with van der Waals surface area (Å²) in [6, 6.07) is 16.4. The largest absolute Gasteiger partial charge is 0.327 e. The molecule has 0 aromatic heterocycles. The number of amides is 3. The molecular weight excluding hydrogens is 354 g/mol. The van der Waals surface area contributed by atoms with Crippen LogP contribution in [0.1, 0.15) is 22.3 Å². The molecule has 28 heavy (non-hydrogen) atoms. The van der Waals surface area contributed by atoms with E-state index in [4.69, 9.17) is 0 Å². The fourth-order valence-corrected chi connectivity index (χ4v) is 4.10. The third-order valence-corrected chi connectivity index (χ3v) is 5.61. The molecule has 1 unspecified atom stereocenters. The Morgan fingerprint density at radius 2 is 1.71 bits per heavy atom. The third kappa shape index (κ3) is 3.43. The Labute approximate surface area is 164 Å². The van der Waals surface area contributed by atoms with Crippen LogP contribution in [0.3, 0.4) is 0 Å². The predicted octanol–water partition coefficient (Wildman–Crippen LogP) is 0.668. The van der Waals surface area contributed by atoms with Crippen molar-refractivity contribution in [1.29, 1.82) is 0 Å². The monoisotopic (exact) mass is 378 g/mol. The second-order valence-corrected chi connectivity index (χ2v) is 7.48. The molecule has 0 aliphatic carbocycles. The zero-order chi connectivity index (χ0) is 19.7. The maximum atomic E-state index is 13.0. The minimum atomic E-state index is -0.359. The summed E-state index contributed by atoms with van der Waals surface area (Å²) in [7, 11) is 0. The fourth-order valence-electron chi connectivity index (χ4n) is 4.10. The average molecular weight is 378 g/mol. The van der Waals surface area contributed by atoms with E-state index in [0.717, 1.165) is 10.5 Å². The van der Waals surface area contributed by atoms with Crippen molar-refractivity contribution in [3.63, 3.8) is 0 Å². The van der Waals surface area contributed by atoms with Crippen LogP contribution in [-0.2, 0) is 9.59 Å². The fraction of sp³-hybridized carbons (Fsp3) is 0.318. The molecule has 6 heteroatoms. The molecule has 2 aliphatic heterocycles. The molecule has 0 spiro atoms. The Morgan fingerprint density at radius 3 is 2.39 bits per heavy atom. The van der Waals surface area contributed by atoms with Crippen LogP contribution >= 0.6 is 0 Å². The van der Waals surface area contributed by atoms with Gasteiger partial charge >= 0.3 is 0 Å². The van der Waals surface area contributed by atoms with Gasteiger partial charge in [0.05, 0.1) is 38.3 Å². The number of nitrogens with one attached hydrogen (secondary N) is 1. The van der Waals surface area contributed by atoms with E-state index in [9.17, 15) is 14.4 Å². The number of rotatable bonds is 3. The smallest absolute Gasteiger partial charge is 0.292 e. The Hall–Kier alpha value is -2.99. The van der Waals surface area contributed by atoms with Crippen molar-refractivity contribution in [2.75, 3.05) is 31.1 Å². The van der Waals surface area contributed by atoms with Gasteiger partial charge in [-0.1, -0.05) is 30.3 Å². The summed E-state index contributed by atoms with van der Waals surface area (Å²) in [4.78, 5) is 42.3. The topological polar surface area (TPSA) is 62.1 Å². The molecule has 1 N–H and O–H groups in total. The number of imide groups is 1. The van der Waals surface area contributed by atoms with E-state index >= 15 is 0 Å². The summed E-state index contributed by atoms with van der Waals surface area (Å²) in [5.74, 6) is -0.251. The molecule has 2 saturated heterocycles. The van der Waals surface area contributed by atoms with Crippen LogP contribution in [0.15, 0.2) is 54.6 Å². The van der Waals surface area contributed by atoms with Crippen molar-refractivity contribution < 1.29 is 19.3 Å². The number of hydrogen-bond acceptors (Lipinski definition) is 3. The first kappa shape index (κ1) is 18.4. The first-order valence-corrected chi connectivity index (χ1v) is 9.67. The second kappa shape index (κ2) is 7.56. The lowest BCUT2D eigenvalue weighted by Gasteiger charge is -2.34. The Balaban J connectivity index is 1.42. The molecule has 2 aliphatic rings. The van der Waals surface area contributed by atoms with Crippen LogP contribution < -0.4 is 9.80 Å². The lowest BCUT2D eigenvalue weighted by atomic mass is 10.1. The van der Waals surface area contributed by atoms with E-state index in [0.29, 0.717) is 37.4 Å². The molecule has 4 rings (SSSR count). The number of benzene rings is 2. The molecule has 0 saturated carbocycles. The van der Waals surface area contributed by atoms with Crippen molar-refractivity contribution in [2.45, 2.75) is 19.4 Å². The van der Waals surface area contributed by atoms with E-state index < -0.39 is 0 Å². The highest BCUT2D eigenvalue weighted by Gasteiger charge is 2.46. The first-order valence-electron chi connectivity index (χ1n) is 9.67. The normalized spacial score (nSPS) is 20.7. The van der Waals surface area contributed by atoms with E-state index in [1.54, 1.807) is 6.07 Å². The van der Waals surface area contributed by atoms with Crippen LogP contribution in [0.4, 0.5) is 5.69 Å². The van der Waals surface area contributed by atoms with E-state index in [1.807, 2.05) is 60.4 Å². The predicted molar refractivity (Wildman–Crippen MR) is 105 cm³/mol. The standard InChI is InChI=1S/C22H23N3O3/c1-16-6-5-9-18(14-16)25-20(26)15-19(22(25)28)23-10-12-24(13-11-23)21(27)17-7-3-2-4-8-17/h2-9,14,19H,10-13,15H2,1H3/p+1. The maximum Gasteiger partial charge on any atom is 0.292 e. The van der Waals surface area contributed by atoms with Crippen LogP contribution in [0.25, 0.3) is 0 Å². The van der Waals surface area contributed by atoms with E-state index in [1.165, 1.54) is 4.90 Å². The lowest BCUT2D eigenvalue weighted by molar-refractivity contribution is -0.918. The van der Waals surface area contributed by atoms with Crippen molar-refractivity contribution >= 4 is 23.4 Å². The van der Waals surface area contributed by atoms with Gasteiger partial charge in [0.2, 0.25) is 5.91 Å². The molecule has 2 aromatic rings. The molecule has 144 valence electrons. The SMILES string of the molecule is Cc1cccc(N2C(=O)CC([NH+]3CCN(C(=O)c4ccccc4)CC3)C2=O)c1. The minimum absolute atomic E-state index is 0.0230. The van der Waals surface area contributed by atoms with Crippen molar-refractivity contribution in [3.05, 3.63) is 65.7 Å². The van der Waals surface area contributed by atoms with Crippen molar-refractivity contribution in [3.8, 4) is 0 Å². The first-order chi connectivity index (χ1) is 13.5. The second-order valence-electron chi connectivity index (χ2n) is 7.48. The van der Waals surface area contributed by atoms with Gasteiger partial charge in [0.15, 0.2) is 6.04 Å². The number of nitrogens with zero attached hydrogens (tertiary/aromatic N) is 2. The minimum Gasteiger partial charge on any atom is -0.327 e. The summed E-state index contributed by atoms with van der Waals surface area (Å²) in [6.45, 7) is 4.46. The number of quaternary nitrogens is 1. The number of hydrogen-bond donors (Lipinski definition) is 1. The van der Waals surface area contributed by atoms with Gasteiger partial charge in [-0.15, -0.1) is 0 Å². The molecule has 6 nitrogen and oxygen atoms in total. The van der Waals surface area contributed by atoms with Gasteiger partial charge in [0, 0.05) is 5.56 Å². The molecule has 2 fully saturated rings. The highest BCUT2D eigenvalue weighted by molar-refractivity contribution is 6.21. The molecular formula is C22H24N3O3+. The van der Waals surface area contributed by atoms with Gasteiger partial charge in [-0.3, -0.25) is 14.4 Å². The maximum absolute atomic E-state index is 13.0.